The van der Waals surface area contributed by atoms with Crippen LogP contribution in [0.1, 0.15) is 46.5 Å². The molecular weight excluding hydrogens is 298 g/mol. The van der Waals surface area contributed by atoms with Crippen molar-refractivity contribution in [1.82, 2.24) is 24.6 Å². The van der Waals surface area contributed by atoms with Gasteiger partial charge in [0.2, 0.25) is 0 Å². The van der Waals surface area contributed by atoms with Crippen LogP contribution in [0, 0.1) is 6.92 Å². The van der Waals surface area contributed by atoms with E-state index in [0.717, 1.165) is 29.9 Å². The van der Waals surface area contributed by atoms with E-state index in [9.17, 15) is 9.59 Å². The Kier molecular flexibility index (Phi) is 3.03. The minimum absolute atomic E-state index is 0.0888. The molecule has 0 aromatic carbocycles. The first-order valence-electron chi connectivity index (χ1n) is 7.41. The van der Waals surface area contributed by atoms with E-state index in [1.54, 1.807) is 6.07 Å². The van der Waals surface area contributed by atoms with Crippen LogP contribution < -0.4 is 5.69 Å². The van der Waals surface area contributed by atoms with Crippen LogP contribution in [0.15, 0.2) is 23.1 Å². The van der Waals surface area contributed by atoms with Gasteiger partial charge in [0.05, 0.1) is 17.3 Å². The molecule has 4 rings (SSSR count). The molecule has 0 radical (unpaired) electrons. The highest BCUT2D eigenvalue weighted by Crippen LogP contribution is 2.39. The van der Waals surface area contributed by atoms with Crippen molar-refractivity contribution in [2.75, 3.05) is 0 Å². The lowest BCUT2D eigenvalue weighted by Crippen LogP contribution is -2.11. The first-order chi connectivity index (χ1) is 11.1. The molecule has 1 saturated carbocycles. The number of H-pyrrole nitrogens is 2. The Bertz CT molecular complexity index is 948. The van der Waals surface area contributed by atoms with Crippen molar-refractivity contribution in [2.45, 2.75) is 32.3 Å². The van der Waals surface area contributed by atoms with E-state index in [1.165, 1.54) is 0 Å². The summed E-state index contributed by atoms with van der Waals surface area (Å²) in [6.07, 6.45) is 4.10. The molecule has 8 nitrogen and oxygen atoms in total. The number of nitrogens with zero attached hydrogens (tertiary/aromatic N) is 3. The molecule has 3 heterocycles. The topological polar surface area (TPSA) is 105 Å². The number of aryl methyl sites for hydroxylation is 1. The summed E-state index contributed by atoms with van der Waals surface area (Å²) in [7, 11) is 0. The van der Waals surface area contributed by atoms with Crippen LogP contribution >= 0.6 is 0 Å². The Hall–Kier alpha value is -2.90. The molecule has 23 heavy (non-hydrogen) atoms. The number of carbonyl (C=O) groups excluding carboxylic acids is 1. The molecule has 0 unspecified atom stereocenters. The molecule has 0 aliphatic heterocycles. The standard InChI is InChI=1S/C15H15N5O3/c1-8-11(14(21)23-7-12-17-15(22)19-18-12)5-4-10-6-16-13(20(8)10)9-2-3-9/h4-6,9H,2-3,7H2,1H3,(H2,17,18,19,22). The Morgan fingerprint density at radius 1 is 1.43 bits per heavy atom. The fraction of sp³-hybridized carbons (Fsp3) is 0.333. The molecule has 0 bridgehead atoms. The zero-order valence-electron chi connectivity index (χ0n) is 12.5. The average molecular weight is 313 g/mol. The van der Waals surface area contributed by atoms with Gasteiger partial charge in [-0.2, -0.15) is 5.10 Å². The average Bonchev–Trinajstić information content (AvgIpc) is 3.15. The van der Waals surface area contributed by atoms with E-state index in [-0.39, 0.29) is 12.4 Å². The number of aromatic nitrogens is 5. The first-order valence-corrected chi connectivity index (χ1v) is 7.41. The Morgan fingerprint density at radius 3 is 2.96 bits per heavy atom. The predicted octanol–water partition coefficient (Wildman–Crippen LogP) is 1.29. The SMILES string of the molecule is Cc1c(C(=O)OCc2n[nH]c(=O)[nH]2)ccc2cnc(C3CC3)n12. The normalized spacial score (nSPS) is 14.3. The van der Waals surface area contributed by atoms with Crippen molar-refractivity contribution < 1.29 is 9.53 Å². The fourth-order valence-electron chi connectivity index (χ4n) is 2.70. The van der Waals surface area contributed by atoms with E-state index < -0.39 is 11.7 Å². The lowest BCUT2D eigenvalue weighted by Gasteiger charge is -2.10. The third-order valence-electron chi connectivity index (χ3n) is 4.01. The van der Waals surface area contributed by atoms with Crippen molar-refractivity contribution >= 4 is 11.5 Å². The van der Waals surface area contributed by atoms with E-state index in [1.807, 2.05) is 23.6 Å². The third-order valence-corrected chi connectivity index (χ3v) is 4.01. The summed E-state index contributed by atoms with van der Waals surface area (Å²) in [4.78, 5) is 30.2. The lowest BCUT2D eigenvalue weighted by atomic mass is 10.2. The molecule has 8 heteroatoms. The predicted molar refractivity (Wildman–Crippen MR) is 80.2 cm³/mol. The molecule has 1 aliphatic carbocycles. The van der Waals surface area contributed by atoms with Crippen LogP contribution in [0.2, 0.25) is 0 Å². The second-order valence-corrected chi connectivity index (χ2v) is 5.68. The van der Waals surface area contributed by atoms with Crippen molar-refractivity contribution in [3.8, 4) is 0 Å². The summed E-state index contributed by atoms with van der Waals surface area (Å²) < 4.78 is 7.24. The Balaban J connectivity index is 1.62. The molecular formula is C15H15N5O3. The summed E-state index contributed by atoms with van der Waals surface area (Å²) in [5, 5.41) is 5.93. The highest BCUT2D eigenvalue weighted by molar-refractivity contribution is 5.91. The van der Waals surface area contributed by atoms with Crippen molar-refractivity contribution in [3.63, 3.8) is 0 Å². The molecule has 0 atom stereocenters. The Labute approximate surface area is 130 Å². The quantitative estimate of drug-likeness (QED) is 0.706. The van der Waals surface area contributed by atoms with Gasteiger partial charge in [-0.25, -0.2) is 19.7 Å². The number of carbonyl (C=O) groups is 1. The number of ether oxygens (including phenoxy) is 1. The second-order valence-electron chi connectivity index (χ2n) is 5.68. The van der Waals surface area contributed by atoms with E-state index in [4.69, 9.17) is 4.74 Å². The number of hydrogen-bond acceptors (Lipinski definition) is 5. The molecule has 2 N–H and O–H groups in total. The molecule has 118 valence electrons. The number of fused-ring (bicyclic) bond motifs is 1. The van der Waals surface area contributed by atoms with E-state index >= 15 is 0 Å². The molecule has 0 saturated heterocycles. The first kappa shape index (κ1) is 13.7. The number of rotatable bonds is 4. The monoisotopic (exact) mass is 313 g/mol. The molecule has 1 fully saturated rings. The maximum Gasteiger partial charge on any atom is 0.340 e. The Morgan fingerprint density at radius 2 is 2.26 bits per heavy atom. The van der Waals surface area contributed by atoms with Crippen molar-refractivity contribution in [1.29, 1.82) is 0 Å². The second kappa shape index (κ2) is 5.08. The van der Waals surface area contributed by atoms with Crippen LogP contribution in [0.5, 0.6) is 0 Å². The zero-order chi connectivity index (χ0) is 16.0. The van der Waals surface area contributed by atoms with Gasteiger partial charge < -0.3 is 4.74 Å². The summed E-state index contributed by atoms with van der Waals surface area (Å²) >= 11 is 0. The molecule has 1 aliphatic rings. The third kappa shape index (κ3) is 2.41. The van der Waals surface area contributed by atoms with Gasteiger partial charge in [0.15, 0.2) is 12.4 Å². The summed E-state index contributed by atoms with van der Waals surface area (Å²) in [6, 6.07) is 3.59. The highest BCUT2D eigenvalue weighted by atomic mass is 16.5. The van der Waals surface area contributed by atoms with Gasteiger partial charge in [-0.1, -0.05) is 0 Å². The van der Waals surface area contributed by atoms with Crippen LogP contribution in [-0.2, 0) is 11.3 Å². The number of aromatic amines is 2. The molecule has 3 aromatic heterocycles. The number of pyridine rings is 1. The van der Waals surface area contributed by atoms with Crippen LogP contribution in [0.3, 0.4) is 0 Å². The van der Waals surface area contributed by atoms with Gasteiger partial charge >= 0.3 is 11.7 Å². The van der Waals surface area contributed by atoms with Gasteiger partial charge in [-0.3, -0.25) is 9.38 Å². The van der Waals surface area contributed by atoms with E-state index in [0.29, 0.717) is 11.5 Å². The maximum atomic E-state index is 12.3. The zero-order valence-corrected chi connectivity index (χ0v) is 12.5. The number of nitrogens with one attached hydrogen (secondary N) is 2. The maximum absolute atomic E-state index is 12.3. The minimum atomic E-state index is -0.455. The molecule has 0 amide bonds. The van der Waals surface area contributed by atoms with Crippen LogP contribution in [0.4, 0.5) is 0 Å². The lowest BCUT2D eigenvalue weighted by molar-refractivity contribution is 0.0461. The van der Waals surface area contributed by atoms with Gasteiger partial charge in [-0.15, -0.1) is 0 Å². The van der Waals surface area contributed by atoms with Crippen molar-refractivity contribution in [3.05, 3.63) is 51.7 Å². The van der Waals surface area contributed by atoms with Gasteiger partial charge in [0.1, 0.15) is 5.82 Å². The summed E-state index contributed by atoms with van der Waals surface area (Å²) in [5.41, 5.74) is 1.83. The van der Waals surface area contributed by atoms with Gasteiger partial charge in [0, 0.05) is 11.6 Å². The highest BCUT2D eigenvalue weighted by Gasteiger charge is 2.29. The molecule has 0 spiro atoms. The van der Waals surface area contributed by atoms with E-state index in [2.05, 4.69) is 20.2 Å². The smallest absolute Gasteiger partial charge is 0.340 e. The van der Waals surface area contributed by atoms with Gasteiger partial charge in [-0.05, 0) is 31.9 Å². The minimum Gasteiger partial charge on any atom is -0.454 e. The van der Waals surface area contributed by atoms with Gasteiger partial charge in [0.25, 0.3) is 0 Å². The fourth-order valence-corrected chi connectivity index (χ4v) is 2.70. The number of esters is 1. The van der Waals surface area contributed by atoms with Crippen LogP contribution in [0.25, 0.3) is 5.52 Å². The largest absolute Gasteiger partial charge is 0.454 e. The summed E-state index contributed by atoms with van der Waals surface area (Å²) in [5.74, 6) is 1.31. The number of imidazole rings is 1. The van der Waals surface area contributed by atoms with Crippen molar-refractivity contribution in [2.24, 2.45) is 0 Å². The molecule has 3 aromatic rings. The summed E-state index contributed by atoms with van der Waals surface area (Å²) in [6.45, 7) is 1.79. The number of hydrogen-bond donors (Lipinski definition) is 2. The van der Waals surface area contributed by atoms with Crippen LogP contribution in [-0.4, -0.2) is 30.5 Å².